The van der Waals surface area contributed by atoms with Gasteiger partial charge in [0.15, 0.2) is 6.10 Å². The second-order valence-corrected chi connectivity index (χ2v) is 5.18. The average Bonchev–Trinajstić information content (AvgIpc) is 2.81. The van der Waals surface area contributed by atoms with Crippen molar-refractivity contribution in [3.05, 3.63) is 23.3 Å². The third-order valence-corrected chi connectivity index (χ3v) is 3.51. The van der Waals surface area contributed by atoms with E-state index in [1.165, 1.54) is 0 Å². The summed E-state index contributed by atoms with van der Waals surface area (Å²) < 4.78 is 10.2. The molecule has 0 aromatic carbocycles. The molecule has 5 nitrogen and oxygen atoms in total. The van der Waals surface area contributed by atoms with Crippen molar-refractivity contribution in [3.8, 4) is 0 Å². The lowest BCUT2D eigenvalue weighted by atomic mass is 9.92. The maximum absolute atomic E-state index is 11.5. The van der Waals surface area contributed by atoms with E-state index in [1.54, 1.807) is 19.1 Å². The molecule has 104 valence electrons. The normalized spacial score (nSPS) is 31.2. The van der Waals surface area contributed by atoms with Crippen molar-refractivity contribution < 1.29 is 24.2 Å². The van der Waals surface area contributed by atoms with Gasteiger partial charge in [-0.15, -0.1) is 0 Å². The van der Waals surface area contributed by atoms with Crippen LogP contribution < -0.4 is 0 Å². The van der Waals surface area contributed by atoms with Crippen molar-refractivity contribution in [3.63, 3.8) is 0 Å². The molecule has 2 aliphatic rings. The smallest absolute Gasteiger partial charge is 0.338 e. The van der Waals surface area contributed by atoms with E-state index in [2.05, 4.69) is 0 Å². The van der Waals surface area contributed by atoms with Crippen LogP contribution in [0, 0.1) is 0 Å². The third kappa shape index (κ3) is 2.87. The number of cyclic esters (lactones) is 2. The number of aliphatic hydroxyl groups excluding tert-OH is 1. The molecular weight excluding hydrogens is 248 g/mol. The Morgan fingerprint density at radius 3 is 2.79 bits per heavy atom. The third-order valence-electron chi connectivity index (χ3n) is 3.51. The predicted molar refractivity (Wildman–Crippen MR) is 67.2 cm³/mol. The van der Waals surface area contributed by atoms with Gasteiger partial charge in [-0.05, 0) is 32.3 Å². The molecule has 0 spiro atoms. The van der Waals surface area contributed by atoms with E-state index in [-0.39, 0.29) is 5.97 Å². The molecule has 0 aromatic rings. The fraction of sp³-hybridized carbons (Fsp3) is 0.571. The number of hydrogen-bond acceptors (Lipinski definition) is 5. The molecule has 0 aliphatic carbocycles. The van der Waals surface area contributed by atoms with Crippen molar-refractivity contribution >= 4 is 11.9 Å². The first kappa shape index (κ1) is 13.8. The molecule has 2 atom stereocenters. The molecule has 0 bridgehead atoms. The Balaban J connectivity index is 2.03. The van der Waals surface area contributed by atoms with E-state index in [4.69, 9.17) is 9.47 Å². The number of esters is 2. The fourth-order valence-electron chi connectivity index (χ4n) is 2.43. The topological polar surface area (TPSA) is 72.8 Å². The Morgan fingerprint density at radius 1 is 1.47 bits per heavy atom. The highest BCUT2D eigenvalue weighted by atomic mass is 16.6. The Hall–Kier alpha value is -1.62. The summed E-state index contributed by atoms with van der Waals surface area (Å²) in [7, 11) is 0. The van der Waals surface area contributed by atoms with Crippen LogP contribution in [0.3, 0.4) is 0 Å². The molecule has 1 saturated heterocycles. The Kier molecular flexibility index (Phi) is 3.75. The Bertz CT molecular complexity index is 462. The molecule has 2 rings (SSSR count). The second-order valence-electron chi connectivity index (χ2n) is 5.18. The summed E-state index contributed by atoms with van der Waals surface area (Å²) in [5, 5.41) is 9.43. The van der Waals surface area contributed by atoms with Crippen LogP contribution in [-0.2, 0) is 19.1 Å². The maximum Gasteiger partial charge on any atom is 0.338 e. The summed E-state index contributed by atoms with van der Waals surface area (Å²) >= 11 is 0. The van der Waals surface area contributed by atoms with Crippen LogP contribution >= 0.6 is 0 Å². The Morgan fingerprint density at radius 2 is 2.21 bits per heavy atom. The number of carbonyl (C=O) groups is 2. The number of aliphatic hydroxyl groups is 1. The van der Waals surface area contributed by atoms with E-state index in [9.17, 15) is 14.7 Å². The monoisotopic (exact) mass is 266 g/mol. The zero-order chi connectivity index (χ0) is 14.0. The summed E-state index contributed by atoms with van der Waals surface area (Å²) in [6, 6.07) is 0. The quantitative estimate of drug-likeness (QED) is 0.776. The summed E-state index contributed by atoms with van der Waals surface area (Å²) in [6.07, 6.45) is 3.98. The van der Waals surface area contributed by atoms with Crippen LogP contribution in [0.25, 0.3) is 0 Å². The van der Waals surface area contributed by atoms with E-state index in [1.807, 2.05) is 6.92 Å². The van der Waals surface area contributed by atoms with E-state index < -0.39 is 17.7 Å². The van der Waals surface area contributed by atoms with Gasteiger partial charge in [-0.1, -0.05) is 12.2 Å². The van der Waals surface area contributed by atoms with Crippen LogP contribution in [0.1, 0.15) is 33.1 Å². The average molecular weight is 266 g/mol. The minimum absolute atomic E-state index is 0.297. The predicted octanol–water partition coefficient (Wildman–Crippen LogP) is 1.26. The van der Waals surface area contributed by atoms with Gasteiger partial charge in [0.1, 0.15) is 12.2 Å². The van der Waals surface area contributed by atoms with Crippen LogP contribution in [0.5, 0.6) is 0 Å². The summed E-state index contributed by atoms with van der Waals surface area (Å²) in [5.41, 5.74) is 0.855. The lowest BCUT2D eigenvalue weighted by Gasteiger charge is -2.22. The second kappa shape index (κ2) is 5.17. The summed E-state index contributed by atoms with van der Waals surface area (Å²) in [5.74, 6) is -0.870. The van der Waals surface area contributed by atoms with Crippen molar-refractivity contribution in [2.24, 2.45) is 0 Å². The highest BCUT2D eigenvalue weighted by molar-refractivity contribution is 5.94. The lowest BCUT2D eigenvalue weighted by molar-refractivity contribution is -0.152. The highest BCUT2D eigenvalue weighted by Gasteiger charge is 2.42. The first-order chi connectivity index (χ1) is 8.95. The SMILES string of the molecule is C/C=C/C1=C(CC[C@]2(C)C[C@@H](O)C(=O)O2)COC1=O. The molecule has 0 unspecified atom stereocenters. The molecular formula is C14H18O5. The van der Waals surface area contributed by atoms with Crippen LogP contribution in [0.2, 0.25) is 0 Å². The van der Waals surface area contributed by atoms with Gasteiger partial charge in [0.2, 0.25) is 0 Å². The first-order valence-electron chi connectivity index (χ1n) is 6.38. The molecule has 1 fully saturated rings. The van der Waals surface area contributed by atoms with Crippen molar-refractivity contribution in [1.29, 1.82) is 0 Å². The maximum atomic E-state index is 11.5. The minimum Gasteiger partial charge on any atom is -0.458 e. The van der Waals surface area contributed by atoms with E-state index in [0.29, 0.717) is 31.4 Å². The molecule has 0 aromatic heterocycles. The van der Waals surface area contributed by atoms with Gasteiger partial charge in [-0.2, -0.15) is 0 Å². The largest absolute Gasteiger partial charge is 0.458 e. The summed E-state index contributed by atoms with van der Waals surface area (Å²) in [4.78, 5) is 22.7. The van der Waals surface area contributed by atoms with Gasteiger partial charge < -0.3 is 14.6 Å². The van der Waals surface area contributed by atoms with Crippen LogP contribution in [-0.4, -0.2) is 35.4 Å². The van der Waals surface area contributed by atoms with Crippen LogP contribution in [0.4, 0.5) is 0 Å². The fourth-order valence-corrected chi connectivity index (χ4v) is 2.43. The molecule has 1 N–H and O–H groups in total. The zero-order valence-corrected chi connectivity index (χ0v) is 11.1. The molecule has 2 aliphatic heterocycles. The molecule has 2 heterocycles. The molecule has 0 amide bonds. The van der Waals surface area contributed by atoms with E-state index in [0.717, 1.165) is 5.57 Å². The number of hydrogen-bond donors (Lipinski definition) is 1. The first-order valence-corrected chi connectivity index (χ1v) is 6.38. The minimum atomic E-state index is -1.03. The molecule has 0 saturated carbocycles. The molecule has 5 heteroatoms. The lowest BCUT2D eigenvalue weighted by Crippen LogP contribution is -2.24. The molecule has 0 radical (unpaired) electrons. The summed E-state index contributed by atoms with van der Waals surface area (Å²) in [6.45, 7) is 3.94. The van der Waals surface area contributed by atoms with Gasteiger partial charge in [-0.3, -0.25) is 0 Å². The number of rotatable bonds is 4. The van der Waals surface area contributed by atoms with Gasteiger partial charge in [0, 0.05) is 6.42 Å². The molecule has 19 heavy (non-hydrogen) atoms. The standard InChI is InChI=1S/C14H18O5/c1-3-4-10-9(8-18-12(10)16)5-6-14(2)7-11(15)13(17)19-14/h3-4,11,15H,5-8H2,1-2H3/b4-3+/t11-,14-/m1/s1. The van der Waals surface area contributed by atoms with Crippen molar-refractivity contribution in [1.82, 2.24) is 0 Å². The van der Waals surface area contributed by atoms with Crippen molar-refractivity contribution in [2.45, 2.75) is 44.8 Å². The number of carbonyl (C=O) groups excluding carboxylic acids is 2. The van der Waals surface area contributed by atoms with E-state index >= 15 is 0 Å². The zero-order valence-electron chi connectivity index (χ0n) is 11.1. The van der Waals surface area contributed by atoms with Gasteiger partial charge in [0.05, 0.1) is 5.57 Å². The number of allylic oxidation sites excluding steroid dienone is 1. The highest BCUT2D eigenvalue weighted by Crippen LogP contribution is 2.33. The van der Waals surface area contributed by atoms with Gasteiger partial charge in [0.25, 0.3) is 0 Å². The van der Waals surface area contributed by atoms with Crippen molar-refractivity contribution in [2.75, 3.05) is 6.61 Å². The van der Waals surface area contributed by atoms with Crippen LogP contribution in [0.15, 0.2) is 23.3 Å². The van der Waals surface area contributed by atoms with Gasteiger partial charge >= 0.3 is 11.9 Å². The van der Waals surface area contributed by atoms with Gasteiger partial charge in [-0.25, -0.2) is 9.59 Å². The number of ether oxygens (including phenoxy) is 2. The Labute approximate surface area is 111 Å².